The van der Waals surface area contributed by atoms with E-state index in [2.05, 4.69) is 0 Å². The molecular weight excluding hydrogens is 274 g/mol. The van der Waals surface area contributed by atoms with Crippen LogP contribution in [-0.2, 0) is 4.74 Å². The van der Waals surface area contributed by atoms with Gasteiger partial charge < -0.3 is 15.2 Å². The Kier molecular flexibility index (Phi) is 5.41. The highest BCUT2D eigenvalue weighted by Gasteiger charge is 2.16. The molecule has 4 heteroatoms. The molecule has 106 valence electrons. The van der Waals surface area contributed by atoms with Gasteiger partial charge >= 0.3 is 0 Å². The second-order valence-electron chi connectivity index (χ2n) is 4.39. The van der Waals surface area contributed by atoms with Crippen molar-refractivity contribution in [2.24, 2.45) is 5.73 Å². The topological polar surface area (TPSA) is 44.5 Å². The first-order chi connectivity index (χ1) is 9.74. The zero-order valence-electron chi connectivity index (χ0n) is 11.4. The summed E-state index contributed by atoms with van der Waals surface area (Å²) >= 11 is 6.22. The number of rotatable bonds is 6. The predicted octanol–water partition coefficient (Wildman–Crippen LogP) is 3.41. The van der Waals surface area contributed by atoms with Gasteiger partial charge in [-0.25, -0.2) is 0 Å². The van der Waals surface area contributed by atoms with Gasteiger partial charge in [-0.05, 0) is 11.6 Å². The van der Waals surface area contributed by atoms with Crippen molar-refractivity contribution in [1.82, 2.24) is 0 Å². The lowest BCUT2D eigenvalue weighted by Crippen LogP contribution is -2.15. The zero-order valence-corrected chi connectivity index (χ0v) is 12.1. The van der Waals surface area contributed by atoms with Crippen molar-refractivity contribution in [2.75, 3.05) is 20.3 Å². The zero-order chi connectivity index (χ0) is 14.4. The Morgan fingerprint density at radius 2 is 1.80 bits per heavy atom. The number of halogens is 1. The molecule has 3 nitrogen and oxygen atoms in total. The Balaban J connectivity index is 2.28. The van der Waals surface area contributed by atoms with Crippen LogP contribution in [0.25, 0.3) is 0 Å². The van der Waals surface area contributed by atoms with Crippen molar-refractivity contribution in [3.05, 3.63) is 64.7 Å². The molecule has 2 aromatic rings. The van der Waals surface area contributed by atoms with Gasteiger partial charge in [-0.3, -0.25) is 0 Å². The normalized spacial score (nSPS) is 12.2. The fourth-order valence-corrected chi connectivity index (χ4v) is 2.23. The maximum absolute atomic E-state index is 6.32. The lowest BCUT2D eigenvalue weighted by atomic mass is 9.99. The number of hydrogen-bond acceptors (Lipinski definition) is 3. The van der Waals surface area contributed by atoms with Crippen LogP contribution in [0.5, 0.6) is 5.75 Å². The van der Waals surface area contributed by atoms with E-state index in [9.17, 15) is 0 Å². The first kappa shape index (κ1) is 14.9. The first-order valence-electron chi connectivity index (χ1n) is 6.44. The highest BCUT2D eigenvalue weighted by Crippen LogP contribution is 2.34. The van der Waals surface area contributed by atoms with E-state index in [-0.39, 0.29) is 6.04 Å². The van der Waals surface area contributed by atoms with Crippen LogP contribution in [0, 0.1) is 0 Å². The fraction of sp³-hybridized carbons (Fsp3) is 0.250. The lowest BCUT2D eigenvalue weighted by Gasteiger charge is -2.18. The third-order valence-corrected chi connectivity index (χ3v) is 3.32. The highest BCUT2D eigenvalue weighted by atomic mass is 35.5. The third kappa shape index (κ3) is 3.51. The molecule has 0 amide bonds. The van der Waals surface area contributed by atoms with E-state index in [0.29, 0.717) is 24.0 Å². The number of para-hydroxylation sites is 1. The van der Waals surface area contributed by atoms with Crippen LogP contribution in [0.2, 0.25) is 5.02 Å². The van der Waals surface area contributed by atoms with Crippen molar-refractivity contribution >= 4 is 11.6 Å². The van der Waals surface area contributed by atoms with Crippen molar-refractivity contribution in [3.8, 4) is 5.75 Å². The minimum atomic E-state index is -0.271. The van der Waals surface area contributed by atoms with Crippen LogP contribution in [0.4, 0.5) is 0 Å². The van der Waals surface area contributed by atoms with Gasteiger partial charge in [0.25, 0.3) is 0 Å². The summed E-state index contributed by atoms with van der Waals surface area (Å²) in [7, 11) is 1.63. The number of ether oxygens (including phenoxy) is 2. The van der Waals surface area contributed by atoms with Crippen LogP contribution in [0.1, 0.15) is 17.2 Å². The van der Waals surface area contributed by atoms with Gasteiger partial charge in [0.1, 0.15) is 12.4 Å². The second-order valence-corrected chi connectivity index (χ2v) is 4.80. The van der Waals surface area contributed by atoms with Gasteiger partial charge in [-0.2, -0.15) is 0 Å². The molecular formula is C16H18ClNO2. The number of benzene rings is 2. The SMILES string of the molecule is COCCOc1c(Cl)cccc1C(N)c1ccccc1. The Labute approximate surface area is 124 Å². The standard InChI is InChI=1S/C16H18ClNO2/c1-19-10-11-20-16-13(8-5-9-14(16)17)15(18)12-6-3-2-4-7-12/h2-9,15H,10-11,18H2,1H3. The Morgan fingerprint density at radius 1 is 1.05 bits per heavy atom. The van der Waals surface area contributed by atoms with Crippen molar-refractivity contribution in [3.63, 3.8) is 0 Å². The van der Waals surface area contributed by atoms with Crippen molar-refractivity contribution in [2.45, 2.75) is 6.04 Å². The fourth-order valence-electron chi connectivity index (χ4n) is 1.99. The molecule has 0 fully saturated rings. The summed E-state index contributed by atoms with van der Waals surface area (Å²) < 4.78 is 10.7. The molecule has 2 rings (SSSR count). The summed E-state index contributed by atoms with van der Waals surface area (Å²) in [6.07, 6.45) is 0. The van der Waals surface area contributed by atoms with Crippen LogP contribution in [-0.4, -0.2) is 20.3 Å². The van der Waals surface area contributed by atoms with Crippen molar-refractivity contribution in [1.29, 1.82) is 0 Å². The molecule has 2 aromatic carbocycles. The molecule has 0 aliphatic heterocycles. The van der Waals surface area contributed by atoms with E-state index < -0.39 is 0 Å². The number of nitrogens with two attached hydrogens (primary N) is 1. The number of methoxy groups -OCH3 is 1. The lowest BCUT2D eigenvalue weighted by molar-refractivity contribution is 0.145. The molecule has 0 bridgehead atoms. The molecule has 0 saturated carbocycles. The van der Waals surface area contributed by atoms with E-state index in [1.165, 1.54) is 0 Å². The average molecular weight is 292 g/mol. The van der Waals surface area contributed by atoms with Gasteiger partial charge in [-0.15, -0.1) is 0 Å². The van der Waals surface area contributed by atoms with Gasteiger partial charge in [0.2, 0.25) is 0 Å². The maximum Gasteiger partial charge on any atom is 0.143 e. The molecule has 0 aliphatic carbocycles. The second kappa shape index (κ2) is 7.29. The predicted molar refractivity (Wildman–Crippen MR) is 81.3 cm³/mol. The van der Waals surface area contributed by atoms with Crippen LogP contribution in [0.3, 0.4) is 0 Å². The van der Waals surface area contributed by atoms with Crippen LogP contribution >= 0.6 is 11.6 Å². The molecule has 0 spiro atoms. The highest BCUT2D eigenvalue weighted by molar-refractivity contribution is 6.32. The summed E-state index contributed by atoms with van der Waals surface area (Å²) in [5, 5.41) is 0.560. The first-order valence-corrected chi connectivity index (χ1v) is 6.82. The molecule has 0 heterocycles. The molecule has 1 unspecified atom stereocenters. The Hall–Kier alpha value is -1.55. The average Bonchev–Trinajstić information content (AvgIpc) is 2.49. The van der Waals surface area contributed by atoms with Gasteiger partial charge in [-0.1, -0.05) is 54.1 Å². The quantitative estimate of drug-likeness (QED) is 0.830. The van der Waals surface area contributed by atoms with E-state index in [1.807, 2.05) is 42.5 Å². The summed E-state index contributed by atoms with van der Waals surface area (Å²) in [5.41, 5.74) is 8.21. The summed E-state index contributed by atoms with van der Waals surface area (Å²) in [4.78, 5) is 0. The van der Waals surface area contributed by atoms with E-state index in [1.54, 1.807) is 13.2 Å². The van der Waals surface area contributed by atoms with E-state index in [4.69, 9.17) is 26.8 Å². The summed E-state index contributed by atoms with van der Waals surface area (Å²) in [6.45, 7) is 0.944. The largest absolute Gasteiger partial charge is 0.489 e. The smallest absolute Gasteiger partial charge is 0.143 e. The third-order valence-electron chi connectivity index (χ3n) is 3.03. The Morgan fingerprint density at radius 3 is 2.50 bits per heavy atom. The van der Waals surface area contributed by atoms with Gasteiger partial charge in [0.05, 0.1) is 17.7 Å². The molecule has 1 atom stereocenters. The Bertz CT molecular complexity index is 545. The molecule has 2 N–H and O–H groups in total. The van der Waals surface area contributed by atoms with Gasteiger partial charge in [0, 0.05) is 12.7 Å². The molecule has 0 radical (unpaired) electrons. The molecule has 0 aromatic heterocycles. The van der Waals surface area contributed by atoms with E-state index in [0.717, 1.165) is 11.1 Å². The molecule has 0 saturated heterocycles. The molecule has 0 aliphatic rings. The maximum atomic E-state index is 6.32. The van der Waals surface area contributed by atoms with Crippen LogP contribution in [0.15, 0.2) is 48.5 Å². The molecule has 20 heavy (non-hydrogen) atoms. The minimum Gasteiger partial charge on any atom is -0.489 e. The minimum absolute atomic E-state index is 0.271. The monoisotopic (exact) mass is 291 g/mol. The van der Waals surface area contributed by atoms with E-state index >= 15 is 0 Å². The number of hydrogen-bond donors (Lipinski definition) is 1. The summed E-state index contributed by atoms with van der Waals surface area (Å²) in [6, 6.07) is 15.2. The van der Waals surface area contributed by atoms with Crippen LogP contribution < -0.4 is 10.5 Å². The van der Waals surface area contributed by atoms with Crippen molar-refractivity contribution < 1.29 is 9.47 Å². The summed E-state index contributed by atoms with van der Waals surface area (Å²) in [5.74, 6) is 0.627. The van der Waals surface area contributed by atoms with Gasteiger partial charge in [0.15, 0.2) is 0 Å².